The van der Waals surface area contributed by atoms with Gasteiger partial charge >= 0.3 is 0 Å². The summed E-state index contributed by atoms with van der Waals surface area (Å²) >= 11 is 0. The number of hydrogen-bond acceptors (Lipinski definition) is 3. The summed E-state index contributed by atoms with van der Waals surface area (Å²) < 4.78 is 1.96. The van der Waals surface area contributed by atoms with Crippen LogP contribution in [-0.2, 0) is 0 Å². The number of amides is 1. The highest BCUT2D eigenvalue weighted by Crippen LogP contribution is 2.32. The minimum Gasteiger partial charge on any atom is -0.391 e. The Balaban J connectivity index is 2.06. The van der Waals surface area contributed by atoms with E-state index in [1.807, 2.05) is 17.7 Å². The fourth-order valence-electron chi connectivity index (χ4n) is 2.79. The van der Waals surface area contributed by atoms with E-state index >= 15 is 0 Å². The van der Waals surface area contributed by atoms with Crippen molar-refractivity contribution in [2.45, 2.75) is 58.6 Å². The first-order chi connectivity index (χ1) is 9.97. The lowest BCUT2D eigenvalue weighted by molar-refractivity contribution is 0.0639. The van der Waals surface area contributed by atoms with E-state index in [-0.39, 0.29) is 5.91 Å². The molecule has 1 fully saturated rings. The second-order valence-corrected chi connectivity index (χ2v) is 6.18. The summed E-state index contributed by atoms with van der Waals surface area (Å²) in [6, 6.07) is 2.19. The lowest BCUT2D eigenvalue weighted by Crippen LogP contribution is -2.35. The lowest BCUT2D eigenvalue weighted by Gasteiger charge is -2.20. The van der Waals surface area contributed by atoms with E-state index < -0.39 is 6.10 Å². The third kappa shape index (κ3) is 3.64. The predicted molar refractivity (Wildman–Crippen MR) is 82.3 cm³/mol. The summed E-state index contributed by atoms with van der Waals surface area (Å²) in [6.45, 7) is 6.64. The van der Waals surface area contributed by atoms with Gasteiger partial charge in [0.15, 0.2) is 5.69 Å². The number of carbonyl (C=O) groups is 1. The molecule has 1 aliphatic rings. The summed E-state index contributed by atoms with van der Waals surface area (Å²) in [4.78, 5) is 14.0. The summed E-state index contributed by atoms with van der Waals surface area (Å²) in [6.07, 6.45) is 3.75. The number of aromatic nitrogens is 2. The Morgan fingerprint density at radius 3 is 2.62 bits per heavy atom. The van der Waals surface area contributed by atoms with Crippen molar-refractivity contribution in [1.82, 2.24) is 14.7 Å². The number of carbonyl (C=O) groups excluding carboxylic acids is 1. The standard InChI is InChI=1S/C16H27N3O2/c1-5-13(6-2)19-11(3)9-14(17-19)16(21)18(4)10-15(20)12-7-8-12/h9,12-13,15,20H,5-8,10H2,1-4H3. The lowest BCUT2D eigenvalue weighted by atomic mass is 10.2. The van der Waals surface area contributed by atoms with Gasteiger partial charge in [0.1, 0.15) is 0 Å². The first kappa shape index (κ1) is 16.0. The van der Waals surface area contributed by atoms with Crippen molar-refractivity contribution in [2.75, 3.05) is 13.6 Å². The molecule has 5 nitrogen and oxygen atoms in total. The van der Waals surface area contributed by atoms with Crippen molar-refractivity contribution in [2.24, 2.45) is 5.92 Å². The molecule has 5 heteroatoms. The van der Waals surface area contributed by atoms with Crippen LogP contribution in [0.4, 0.5) is 0 Å². The highest BCUT2D eigenvalue weighted by molar-refractivity contribution is 5.92. The average Bonchev–Trinajstić information content (AvgIpc) is 3.24. The van der Waals surface area contributed by atoms with Crippen LogP contribution in [0.5, 0.6) is 0 Å². The van der Waals surface area contributed by atoms with Crippen LogP contribution in [0.1, 0.15) is 61.8 Å². The Hall–Kier alpha value is -1.36. The second-order valence-electron chi connectivity index (χ2n) is 6.18. The molecule has 1 aromatic heterocycles. The van der Waals surface area contributed by atoms with Crippen LogP contribution in [0.3, 0.4) is 0 Å². The van der Waals surface area contributed by atoms with Crippen LogP contribution >= 0.6 is 0 Å². The normalized spacial score (nSPS) is 16.3. The van der Waals surface area contributed by atoms with Crippen molar-refractivity contribution in [3.8, 4) is 0 Å². The number of rotatable bonds is 7. The largest absolute Gasteiger partial charge is 0.391 e. The van der Waals surface area contributed by atoms with Gasteiger partial charge in [-0.05, 0) is 44.6 Å². The van der Waals surface area contributed by atoms with E-state index in [2.05, 4.69) is 18.9 Å². The number of hydrogen-bond donors (Lipinski definition) is 1. The molecule has 118 valence electrons. The van der Waals surface area contributed by atoms with Crippen molar-refractivity contribution in [3.05, 3.63) is 17.5 Å². The number of likely N-dealkylation sites (N-methyl/N-ethyl adjacent to an activating group) is 1. The Kier molecular flexibility index (Phi) is 5.04. The van der Waals surface area contributed by atoms with Gasteiger partial charge in [0.05, 0.1) is 12.1 Å². The van der Waals surface area contributed by atoms with Gasteiger partial charge in [-0.15, -0.1) is 0 Å². The highest BCUT2D eigenvalue weighted by Gasteiger charge is 2.31. The maximum atomic E-state index is 12.4. The molecule has 1 saturated carbocycles. The Morgan fingerprint density at radius 2 is 2.10 bits per heavy atom. The fraction of sp³-hybridized carbons (Fsp3) is 0.750. The van der Waals surface area contributed by atoms with E-state index in [4.69, 9.17) is 0 Å². The minimum atomic E-state index is -0.402. The molecule has 0 saturated heterocycles. The maximum Gasteiger partial charge on any atom is 0.274 e. The van der Waals surface area contributed by atoms with Gasteiger partial charge in [0, 0.05) is 19.3 Å². The van der Waals surface area contributed by atoms with E-state index in [1.54, 1.807) is 11.9 Å². The molecule has 1 aliphatic carbocycles. The molecule has 1 unspecified atom stereocenters. The van der Waals surface area contributed by atoms with E-state index in [1.165, 1.54) is 0 Å². The summed E-state index contributed by atoms with van der Waals surface area (Å²) in [7, 11) is 1.74. The predicted octanol–water partition coefficient (Wildman–Crippen LogP) is 2.40. The van der Waals surface area contributed by atoms with Gasteiger partial charge in [0.25, 0.3) is 5.91 Å². The zero-order valence-corrected chi connectivity index (χ0v) is 13.5. The molecule has 0 aromatic carbocycles. The van der Waals surface area contributed by atoms with Gasteiger partial charge < -0.3 is 10.0 Å². The van der Waals surface area contributed by atoms with E-state index in [0.717, 1.165) is 31.4 Å². The monoisotopic (exact) mass is 293 g/mol. The van der Waals surface area contributed by atoms with E-state index in [9.17, 15) is 9.90 Å². The molecule has 21 heavy (non-hydrogen) atoms. The smallest absolute Gasteiger partial charge is 0.274 e. The van der Waals surface area contributed by atoms with Crippen LogP contribution in [-0.4, -0.2) is 45.4 Å². The Morgan fingerprint density at radius 1 is 1.48 bits per heavy atom. The maximum absolute atomic E-state index is 12.4. The topological polar surface area (TPSA) is 58.4 Å². The van der Waals surface area contributed by atoms with E-state index in [0.29, 0.717) is 24.2 Å². The molecule has 1 N–H and O–H groups in total. The first-order valence-corrected chi connectivity index (χ1v) is 7.97. The quantitative estimate of drug-likeness (QED) is 0.840. The van der Waals surface area contributed by atoms with Gasteiger partial charge in [-0.3, -0.25) is 9.48 Å². The number of nitrogens with zero attached hydrogens (tertiary/aromatic N) is 3. The minimum absolute atomic E-state index is 0.109. The van der Waals surface area contributed by atoms with Crippen LogP contribution in [0.15, 0.2) is 6.07 Å². The summed E-state index contributed by atoms with van der Waals surface area (Å²) in [5.74, 6) is 0.270. The molecule has 1 amide bonds. The molecular formula is C16H27N3O2. The van der Waals surface area contributed by atoms with Crippen LogP contribution < -0.4 is 0 Å². The second kappa shape index (κ2) is 6.60. The highest BCUT2D eigenvalue weighted by atomic mass is 16.3. The zero-order chi connectivity index (χ0) is 15.6. The molecule has 0 aliphatic heterocycles. The number of aliphatic hydroxyl groups excluding tert-OH is 1. The molecule has 1 heterocycles. The molecule has 0 spiro atoms. The molecule has 2 rings (SSSR count). The van der Waals surface area contributed by atoms with Crippen molar-refractivity contribution >= 4 is 5.91 Å². The Bertz CT molecular complexity index is 490. The third-order valence-corrected chi connectivity index (χ3v) is 4.40. The fourth-order valence-corrected chi connectivity index (χ4v) is 2.79. The summed E-state index contributed by atoms with van der Waals surface area (Å²) in [5.41, 5.74) is 1.49. The van der Waals surface area contributed by atoms with Crippen molar-refractivity contribution in [3.63, 3.8) is 0 Å². The SMILES string of the molecule is CCC(CC)n1nc(C(=O)N(C)CC(O)C2CC2)cc1C. The molecular weight excluding hydrogens is 266 g/mol. The number of aryl methyl sites for hydroxylation is 1. The molecule has 1 atom stereocenters. The van der Waals surface area contributed by atoms with Gasteiger partial charge in [-0.2, -0.15) is 5.10 Å². The van der Waals surface area contributed by atoms with Gasteiger partial charge in [0.2, 0.25) is 0 Å². The molecule has 0 bridgehead atoms. The number of aliphatic hydroxyl groups is 1. The first-order valence-electron chi connectivity index (χ1n) is 7.97. The van der Waals surface area contributed by atoms with Crippen molar-refractivity contribution in [1.29, 1.82) is 0 Å². The third-order valence-electron chi connectivity index (χ3n) is 4.40. The van der Waals surface area contributed by atoms with Crippen LogP contribution in [0, 0.1) is 12.8 Å². The van der Waals surface area contributed by atoms with Crippen LogP contribution in [0.25, 0.3) is 0 Å². The zero-order valence-electron chi connectivity index (χ0n) is 13.5. The Labute approximate surface area is 126 Å². The van der Waals surface area contributed by atoms with Crippen LogP contribution in [0.2, 0.25) is 0 Å². The average molecular weight is 293 g/mol. The molecule has 1 aromatic rings. The molecule has 0 radical (unpaired) electrons. The van der Waals surface area contributed by atoms with Crippen molar-refractivity contribution < 1.29 is 9.90 Å². The van der Waals surface area contributed by atoms with Gasteiger partial charge in [-0.25, -0.2) is 0 Å². The summed E-state index contributed by atoms with van der Waals surface area (Å²) in [5, 5.41) is 14.4. The van der Waals surface area contributed by atoms with Gasteiger partial charge in [-0.1, -0.05) is 13.8 Å².